The molecule has 8 heteroatoms. The zero-order chi connectivity index (χ0) is 27.6. The van der Waals surface area contributed by atoms with E-state index in [2.05, 4.69) is 41.6 Å². The summed E-state index contributed by atoms with van der Waals surface area (Å²) < 4.78 is 36.3. The summed E-state index contributed by atoms with van der Waals surface area (Å²) in [6.45, 7) is 16.7. The second kappa shape index (κ2) is 10.5. The number of hydrogen-bond acceptors (Lipinski definition) is 5. The maximum atomic E-state index is 14.1. The molecule has 0 spiro atoms. The highest BCUT2D eigenvalue weighted by Gasteiger charge is 2.34. The Morgan fingerprint density at radius 1 is 1.08 bits per heavy atom. The second-order valence-electron chi connectivity index (χ2n) is 9.30. The largest absolute Gasteiger partial charge is 0.488 e. The van der Waals surface area contributed by atoms with Crippen molar-refractivity contribution in [1.29, 1.82) is 5.41 Å². The molecule has 3 heterocycles. The van der Waals surface area contributed by atoms with Crippen LogP contribution in [0.4, 0.5) is 8.78 Å². The van der Waals surface area contributed by atoms with E-state index in [0.717, 1.165) is 33.4 Å². The summed E-state index contributed by atoms with van der Waals surface area (Å²) in [5.41, 5.74) is 5.52. The molecule has 1 atom stereocenters. The van der Waals surface area contributed by atoms with Crippen LogP contribution in [0.1, 0.15) is 54.8 Å². The third-order valence-electron chi connectivity index (χ3n) is 6.40. The molecule has 1 aromatic carbocycles. The van der Waals surface area contributed by atoms with Gasteiger partial charge in [0.15, 0.2) is 5.65 Å². The van der Waals surface area contributed by atoms with Crippen molar-refractivity contribution in [2.75, 3.05) is 0 Å². The van der Waals surface area contributed by atoms with Gasteiger partial charge in [-0.05, 0) is 67.3 Å². The topological polar surface area (TPSA) is 76.7 Å². The third-order valence-corrected chi connectivity index (χ3v) is 6.40. The van der Waals surface area contributed by atoms with Crippen LogP contribution in [-0.2, 0) is 12.5 Å². The van der Waals surface area contributed by atoms with Gasteiger partial charge in [-0.15, -0.1) is 0 Å². The van der Waals surface area contributed by atoms with E-state index in [1.807, 2.05) is 35.8 Å². The summed E-state index contributed by atoms with van der Waals surface area (Å²) in [4.78, 5) is 13.0. The van der Waals surface area contributed by atoms with E-state index in [1.54, 1.807) is 18.6 Å². The van der Waals surface area contributed by atoms with Crippen molar-refractivity contribution >= 4 is 28.5 Å². The Kier molecular flexibility index (Phi) is 7.35. The summed E-state index contributed by atoms with van der Waals surface area (Å²) in [5, 5.41) is 7.41. The van der Waals surface area contributed by atoms with Gasteiger partial charge in [-0.25, -0.2) is 9.97 Å². The third kappa shape index (κ3) is 5.16. The van der Waals surface area contributed by atoms with E-state index in [-0.39, 0.29) is 23.9 Å². The predicted octanol–water partition coefficient (Wildman–Crippen LogP) is 7.38. The van der Waals surface area contributed by atoms with E-state index in [0.29, 0.717) is 16.9 Å². The highest BCUT2D eigenvalue weighted by molar-refractivity contribution is 6.07. The first-order valence-corrected chi connectivity index (χ1v) is 12.0. The van der Waals surface area contributed by atoms with Gasteiger partial charge in [0.25, 0.3) is 0 Å². The maximum absolute atomic E-state index is 14.1. The minimum atomic E-state index is -3.17. The van der Waals surface area contributed by atoms with E-state index < -0.39 is 5.92 Å². The number of nitrogens with one attached hydrogen (secondary N) is 1. The molecule has 0 bridgehead atoms. The fraction of sp³-hybridized carbons (Fsp3) is 0.200. The molecule has 6 nitrogen and oxygen atoms in total. The van der Waals surface area contributed by atoms with Crippen molar-refractivity contribution in [3.8, 4) is 5.75 Å². The van der Waals surface area contributed by atoms with Crippen LogP contribution in [0.15, 0.2) is 80.4 Å². The minimum absolute atomic E-state index is 0.0804. The highest BCUT2D eigenvalue weighted by atomic mass is 19.3. The zero-order valence-corrected chi connectivity index (χ0v) is 21.6. The summed E-state index contributed by atoms with van der Waals surface area (Å²) in [7, 11) is 0. The SMILES string of the molecule is C=C(C=N)c1cnc2c(c1)ncn2C(C)c1ccc(OCc2ccc(C(F)(F)C(=C)C)nc2)c(C(=C)C)c1. The van der Waals surface area contributed by atoms with Crippen molar-refractivity contribution in [3.63, 3.8) is 0 Å². The first-order chi connectivity index (χ1) is 18.0. The van der Waals surface area contributed by atoms with Gasteiger partial charge in [-0.2, -0.15) is 8.78 Å². The number of ether oxygens (including phenoxy) is 1. The molecule has 0 aliphatic rings. The number of pyridine rings is 2. The van der Waals surface area contributed by atoms with Crippen LogP contribution >= 0.6 is 0 Å². The average molecular weight is 514 g/mol. The van der Waals surface area contributed by atoms with Gasteiger partial charge >= 0.3 is 5.92 Å². The Morgan fingerprint density at radius 2 is 1.84 bits per heavy atom. The molecule has 4 aromatic rings. The Bertz CT molecular complexity index is 1550. The van der Waals surface area contributed by atoms with Crippen LogP contribution in [-0.4, -0.2) is 25.7 Å². The van der Waals surface area contributed by atoms with Gasteiger partial charge in [0.05, 0.1) is 12.4 Å². The number of rotatable bonds is 10. The van der Waals surface area contributed by atoms with Gasteiger partial charge in [-0.3, -0.25) is 4.98 Å². The molecule has 194 valence electrons. The number of allylic oxidation sites excluding steroid dienone is 3. The number of imidazole rings is 1. The monoisotopic (exact) mass is 513 g/mol. The molecule has 0 saturated heterocycles. The molecule has 0 aliphatic carbocycles. The normalized spacial score (nSPS) is 12.2. The number of benzene rings is 1. The van der Waals surface area contributed by atoms with Crippen LogP contribution in [0.2, 0.25) is 0 Å². The molecule has 3 aromatic heterocycles. The number of nitrogens with zero attached hydrogens (tertiary/aromatic N) is 4. The average Bonchev–Trinajstić information content (AvgIpc) is 3.34. The fourth-order valence-electron chi connectivity index (χ4n) is 3.96. The quantitative estimate of drug-likeness (QED) is 0.177. The molecule has 4 rings (SSSR count). The van der Waals surface area contributed by atoms with Crippen LogP contribution in [0.25, 0.3) is 22.3 Å². The molecule has 0 amide bonds. The number of halogens is 2. The van der Waals surface area contributed by atoms with Crippen molar-refractivity contribution < 1.29 is 13.5 Å². The van der Waals surface area contributed by atoms with Gasteiger partial charge in [0.2, 0.25) is 0 Å². The second-order valence-corrected chi connectivity index (χ2v) is 9.30. The lowest BCUT2D eigenvalue weighted by Crippen LogP contribution is -2.16. The Labute approximate surface area is 220 Å². The summed E-state index contributed by atoms with van der Waals surface area (Å²) in [5.74, 6) is -2.54. The zero-order valence-electron chi connectivity index (χ0n) is 21.6. The Morgan fingerprint density at radius 3 is 2.47 bits per heavy atom. The molecule has 0 fully saturated rings. The summed E-state index contributed by atoms with van der Waals surface area (Å²) >= 11 is 0. The van der Waals surface area contributed by atoms with Gasteiger partial charge < -0.3 is 14.7 Å². The van der Waals surface area contributed by atoms with Crippen molar-refractivity contribution in [2.24, 2.45) is 0 Å². The highest BCUT2D eigenvalue weighted by Crippen LogP contribution is 2.34. The van der Waals surface area contributed by atoms with Crippen molar-refractivity contribution in [2.45, 2.75) is 39.3 Å². The lowest BCUT2D eigenvalue weighted by molar-refractivity contribution is 0.0337. The van der Waals surface area contributed by atoms with Crippen LogP contribution in [0.5, 0.6) is 5.75 Å². The van der Waals surface area contributed by atoms with E-state index >= 15 is 0 Å². The molecule has 0 radical (unpaired) electrons. The van der Waals surface area contributed by atoms with Crippen molar-refractivity contribution in [1.82, 2.24) is 19.5 Å². The lowest BCUT2D eigenvalue weighted by Gasteiger charge is -2.19. The lowest BCUT2D eigenvalue weighted by atomic mass is 10.0. The fourth-order valence-corrected chi connectivity index (χ4v) is 3.96. The Balaban J connectivity index is 1.55. The summed E-state index contributed by atoms with van der Waals surface area (Å²) in [6.07, 6.45) is 6.03. The van der Waals surface area contributed by atoms with Gasteiger partial charge in [0.1, 0.15) is 23.6 Å². The van der Waals surface area contributed by atoms with E-state index in [4.69, 9.17) is 10.1 Å². The molecular formula is C30H29F2N5O. The molecule has 38 heavy (non-hydrogen) atoms. The minimum Gasteiger partial charge on any atom is -0.488 e. The Hall–Kier alpha value is -4.46. The molecule has 1 N–H and O–H groups in total. The van der Waals surface area contributed by atoms with Gasteiger partial charge in [0, 0.05) is 35.3 Å². The molecule has 0 saturated carbocycles. The molecule has 0 aliphatic heterocycles. The standard InChI is InChI=1S/C30H29F2N5O/c1-18(2)25-11-23(21(6)37-17-36-26-12-24(20(5)13-33)15-35-29(26)37)8-9-27(25)38-16-22-7-10-28(34-14-22)30(31,32)19(3)4/h7-15,17,21,33H,1,3,5,16H2,2,4,6H3. The van der Waals surface area contributed by atoms with Crippen LogP contribution < -0.4 is 4.74 Å². The predicted molar refractivity (Wildman–Crippen MR) is 148 cm³/mol. The van der Waals surface area contributed by atoms with E-state index in [9.17, 15) is 8.78 Å². The number of hydrogen-bond donors (Lipinski definition) is 1. The van der Waals surface area contributed by atoms with Crippen LogP contribution in [0, 0.1) is 5.41 Å². The maximum Gasteiger partial charge on any atom is 0.310 e. The smallest absolute Gasteiger partial charge is 0.310 e. The number of alkyl halides is 2. The number of aromatic nitrogens is 4. The summed E-state index contributed by atoms with van der Waals surface area (Å²) in [6, 6.07) is 10.5. The molecular weight excluding hydrogens is 484 g/mol. The van der Waals surface area contributed by atoms with Crippen molar-refractivity contribution in [3.05, 3.63) is 108 Å². The van der Waals surface area contributed by atoms with E-state index in [1.165, 1.54) is 25.4 Å². The van der Waals surface area contributed by atoms with Gasteiger partial charge in [-0.1, -0.05) is 31.9 Å². The first kappa shape index (κ1) is 26.6. The van der Waals surface area contributed by atoms with Crippen LogP contribution in [0.3, 0.4) is 0 Å². The molecule has 1 unspecified atom stereocenters. The first-order valence-electron chi connectivity index (χ1n) is 12.0. The number of fused-ring (bicyclic) bond motifs is 1.